The molecule has 0 aliphatic rings. The van der Waals surface area contributed by atoms with E-state index in [0.717, 1.165) is 0 Å². The summed E-state index contributed by atoms with van der Waals surface area (Å²) in [6.45, 7) is 1.59. The molecule has 2 aromatic rings. The van der Waals surface area contributed by atoms with Gasteiger partial charge in [0.25, 0.3) is 5.91 Å². The summed E-state index contributed by atoms with van der Waals surface area (Å²) in [4.78, 5) is 11.8. The molecule has 0 radical (unpaired) electrons. The fraction of sp³-hybridized carbons (Fsp3) is 0.125. The molecule has 0 aromatic heterocycles. The first-order valence-electron chi connectivity index (χ1n) is 6.55. The number of carbonyl (C=O) groups is 1. The Morgan fingerprint density at radius 1 is 1.32 bits per heavy atom. The molecule has 0 saturated carbocycles. The van der Waals surface area contributed by atoms with Crippen LogP contribution in [0, 0.1) is 5.82 Å². The molecule has 4 nitrogen and oxygen atoms in total. The van der Waals surface area contributed by atoms with Crippen LogP contribution in [0.1, 0.15) is 12.5 Å². The number of benzene rings is 2. The second-order valence-corrected chi connectivity index (χ2v) is 4.94. The molecule has 22 heavy (non-hydrogen) atoms. The van der Waals surface area contributed by atoms with E-state index in [4.69, 9.17) is 16.3 Å². The van der Waals surface area contributed by atoms with Crippen LogP contribution in [0.3, 0.4) is 0 Å². The molecule has 1 unspecified atom stereocenters. The third-order valence-electron chi connectivity index (χ3n) is 2.72. The summed E-state index contributed by atoms with van der Waals surface area (Å²) in [5.74, 6) is -0.301. The lowest BCUT2D eigenvalue weighted by atomic mass is 10.2. The number of carbonyl (C=O) groups excluding carboxylic acids is 1. The van der Waals surface area contributed by atoms with Gasteiger partial charge in [-0.05, 0) is 42.8 Å². The Morgan fingerprint density at radius 3 is 2.82 bits per heavy atom. The minimum Gasteiger partial charge on any atom is -0.481 e. The molecule has 0 heterocycles. The van der Waals surface area contributed by atoms with Crippen molar-refractivity contribution in [3.8, 4) is 5.75 Å². The van der Waals surface area contributed by atoms with Crippen LogP contribution in [0.25, 0.3) is 0 Å². The summed E-state index contributed by atoms with van der Waals surface area (Å²) >= 11 is 5.84. The largest absolute Gasteiger partial charge is 0.481 e. The third-order valence-corrected chi connectivity index (χ3v) is 2.95. The van der Waals surface area contributed by atoms with E-state index in [1.54, 1.807) is 43.3 Å². The van der Waals surface area contributed by atoms with Crippen molar-refractivity contribution < 1.29 is 13.9 Å². The third kappa shape index (κ3) is 4.86. The minimum atomic E-state index is -0.747. The maximum atomic E-state index is 13.0. The summed E-state index contributed by atoms with van der Waals surface area (Å²) in [6, 6.07) is 12.6. The zero-order valence-electron chi connectivity index (χ0n) is 11.8. The lowest BCUT2D eigenvalue weighted by Crippen LogP contribution is -2.33. The number of nitrogens with zero attached hydrogens (tertiary/aromatic N) is 1. The maximum absolute atomic E-state index is 13.0. The molecule has 1 atom stereocenters. The molecular weight excluding hydrogens is 307 g/mol. The zero-order chi connectivity index (χ0) is 15.9. The molecule has 0 fully saturated rings. The molecular formula is C16H14ClFN2O2. The fourth-order valence-electron chi connectivity index (χ4n) is 1.65. The highest BCUT2D eigenvalue weighted by atomic mass is 35.5. The number of rotatable bonds is 5. The second kappa shape index (κ2) is 7.56. The standard InChI is InChI=1S/C16H14ClFN2O2/c1-11(22-15-7-3-5-13(17)9-15)16(21)20-19-10-12-4-2-6-14(18)8-12/h2-11H,1H3,(H,20,21). The van der Waals surface area contributed by atoms with E-state index in [2.05, 4.69) is 10.5 Å². The number of halogens is 2. The van der Waals surface area contributed by atoms with Gasteiger partial charge in [-0.2, -0.15) is 5.10 Å². The topological polar surface area (TPSA) is 50.7 Å². The fourth-order valence-corrected chi connectivity index (χ4v) is 1.83. The van der Waals surface area contributed by atoms with E-state index in [-0.39, 0.29) is 5.82 Å². The average molecular weight is 321 g/mol. The minimum absolute atomic E-state index is 0.368. The van der Waals surface area contributed by atoms with Crippen LogP contribution in [0.15, 0.2) is 53.6 Å². The van der Waals surface area contributed by atoms with Crippen molar-refractivity contribution in [2.45, 2.75) is 13.0 Å². The van der Waals surface area contributed by atoms with Crippen LogP contribution in [0.5, 0.6) is 5.75 Å². The van der Waals surface area contributed by atoms with Crippen LogP contribution < -0.4 is 10.2 Å². The molecule has 2 aromatic carbocycles. The van der Waals surface area contributed by atoms with Crippen molar-refractivity contribution in [1.29, 1.82) is 0 Å². The summed E-state index contributed by atoms with van der Waals surface area (Å²) in [7, 11) is 0. The number of ether oxygens (including phenoxy) is 1. The summed E-state index contributed by atoms with van der Waals surface area (Å²) in [6.07, 6.45) is 0.607. The summed E-state index contributed by atoms with van der Waals surface area (Å²) in [5, 5.41) is 4.29. The highest BCUT2D eigenvalue weighted by Gasteiger charge is 2.13. The Kier molecular flexibility index (Phi) is 5.49. The molecule has 0 spiro atoms. The van der Waals surface area contributed by atoms with Crippen LogP contribution in [-0.2, 0) is 4.79 Å². The van der Waals surface area contributed by atoms with Gasteiger partial charge in [0.05, 0.1) is 6.21 Å². The van der Waals surface area contributed by atoms with E-state index in [1.807, 2.05) is 0 Å². The van der Waals surface area contributed by atoms with E-state index >= 15 is 0 Å². The van der Waals surface area contributed by atoms with Crippen LogP contribution in [0.4, 0.5) is 4.39 Å². The van der Waals surface area contributed by atoms with Gasteiger partial charge in [-0.15, -0.1) is 0 Å². The molecule has 2 rings (SSSR count). The quantitative estimate of drug-likeness (QED) is 0.678. The maximum Gasteiger partial charge on any atom is 0.280 e. The summed E-state index contributed by atoms with van der Waals surface area (Å²) < 4.78 is 18.4. The van der Waals surface area contributed by atoms with E-state index in [0.29, 0.717) is 16.3 Å². The zero-order valence-corrected chi connectivity index (χ0v) is 12.5. The van der Waals surface area contributed by atoms with Gasteiger partial charge in [0.2, 0.25) is 0 Å². The molecule has 1 amide bonds. The lowest BCUT2D eigenvalue weighted by Gasteiger charge is -2.12. The second-order valence-electron chi connectivity index (χ2n) is 4.51. The van der Waals surface area contributed by atoms with Crippen molar-refractivity contribution in [3.05, 3.63) is 64.9 Å². The Bertz CT molecular complexity index is 691. The first-order valence-corrected chi connectivity index (χ1v) is 6.93. The molecule has 0 saturated heterocycles. The number of hydrogen-bond acceptors (Lipinski definition) is 3. The summed E-state index contributed by atoms with van der Waals surface area (Å²) in [5.41, 5.74) is 2.88. The Balaban J connectivity index is 1.89. The Labute approximate surface area is 132 Å². The molecule has 0 aliphatic heterocycles. The van der Waals surface area contributed by atoms with Crippen molar-refractivity contribution in [3.63, 3.8) is 0 Å². The monoisotopic (exact) mass is 320 g/mol. The van der Waals surface area contributed by atoms with E-state index in [1.165, 1.54) is 18.3 Å². The van der Waals surface area contributed by atoms with Gasteiger partial charge in [0.15, 0.2) is 6.10 Å². The van der Waals surface area contributed by atoms with Crippen LogP contribution in [0.2, 0.25) is 5.02 Å². The van der Waals surface area contributed by atoms with Crippen molar-refractivity contribution in [2.75, 3.05) is 0 Å². The molecule has 0 aliphatic carbocycles. The normalized spacial score (nSPS) is 12.1. The molecule has 0 bridgehead atoms. The molecule has 6 heteroatoms. The number of hydrogen-bond donors (Lipinski definition) is 1. The number of nitrogens with one attached hydrogen (secondary N) is 1. The van der Waals surface area contributed by atoms with Crippen LogP contribution >= 0.6 is 11.6 Å². The lowest BCUT2D eigenvalue weighted by molar-refractivity contribution is -0.127. The predicted molar refractivity (Wildman–Crippen MR) is 83.7 cm³/mol. The SMILES string of the molecule is CC(Oc1cccc(Cl)c1)C(=O)NN=Cc1cccc(F)c1. The predicted octanol–water partition coefficient (Wildman–Crippen LogP) is 3.40. The van der Waals surface area contributed by atoms with Crippen molar-refractivity contribution >= 4 is 23.7 Å². The number of amides is 1. The smallest absolute Gasteiger partial charge is 0.280 e. The van der Waals surface area contributed by atoms with E-state index < -0.39 is 12.0 Å². The van der Waals surface area contributed by atoms with Gasteiger partial charge in [0, 0.05) is 5.02 Å². The first-order chi connectivity index (χ1) is 10.5. The van der Waals surface area contributed by atoms with Crippen LogP contribution in [-0.4, -0.2) is 18.2 Å². The number of hydrazone groups is 1. The Hall–Kier alpha value is -2.40. The van der Waals surface area contributed by atoms with Gasteiger partial charge in [0.1, 0.15) is 11.6 Å². The Morgan fingerprint density at radius 2 is 2.09 bits per heavy atom. The molecule has 1 N–H and O–H groups in total. The van der Waals surface area contributed by atoms with Gasteiger partial charge in [-0.3, -0.25) is 4.79 Å². The van der Waals surface area contributed by atoms with Gasteiger partial charge < -0.3 is 4.74 Å². The van der Waals surface area contributed by atoms with Gasteiger partial charge in [-0.25, -0.2) is 9.82 Å². The molecule has 114 valence electrons. The van der Waals surface area contributed by atoms with E-state index in [9.17, 15) is 9.18 Å². The highest BCUT2D eigenvalue weighted by Crippen LogP contribution is 2.18. The average Bonchev–Trinajstić information content (AvgIpc) is 2.47. The van der Waals surface area contributed by atoms with Crippen molar-refractivity contribution in [2.24, 2.45) is 5.10 Å². The van der Waals surface area contributed by atoms with Gasteiger partial charge >= 0.3 is 0 Å². The highest BCUT2D eigenvalue weighted by molar-refractivity contribution is 6.30. The van der Waals surface area contributed by atoms with Gasteiger partial charge in [-0.1, -0.05) is 29.8 Å². The van der Waals surface area contributed by atoms with Crippen molar-refractivity contribution in [1.82, 2.24) is 5.43 Å². The first kappa shape index (κ1) is 16.0.